The van der Waals surface area contributed by atoms with Gasteiger partial charge in [0.1, 0.15) is 5.60 Å². The SMILES string of the molecule is CC(C)(C)OC(=O)Nc1ccncc1OC(F)(F)F. The van der Waals surface area contributed by atoms with E-state index in [9.17, 15) is 18.0 Å². The second-order valence-corrected chi connectivity index (χ2v) is 4.55. The van der Waals surface area contributed by atoms with Crippen molar-refractivity contribution in [2.75, 3.05) is 5.32 Å². The highest BCUT2D eigenvalue weighted by Crippen LogP contribution is 2.29. The number of aromatic nitrogens is 1. The fourth-order valence-corrected chi connectivity index (χ4v) is 1.10. The normalized spacial score (nSPS) is 11.9. The van der Waals surface area contributed by atoms with Crippen molar-refractivity contribution in [2.45, 2.75) is 32.7 Å². The average Bonchev–Trinajstić information content (AvgIpc) is 2.15. The van der Waals surface area contributed by atoms with Gasteiger partial charge in [0.2, 0.25) is 0 Å². The van der Waals surface area contributed by atoms with Crippen LogP contribution in [0.25, 0.3) is 0 Å². The van der Waals surface area contributed by atoms with E-state index in [0.717, 1.165) is 6.20 Å². The smallest absolute Gasteiger partial charge is 0.444 e. The van der Waals surface area contributed by atoms with E-state index in [1.165, 1.54) is 12.3 Å². The van der Waals surface area contributed by atoms with E-state index in [0.29, 0.717) is 0 Å². The first-order chi connectivity index (χ1) is 8.57. The Morgan fingerprint density at radius 3 is 2.47 bits per heavy atom. The van der Waals surface area contributed by atoms with E-state index in [2.05, 4.69) is 15.0 Å². The maximum Gasteiger partial charge on any atom is 0.573 e. The van der Waals surface area contributed by atoms with E-state index < -0.39 is 23.8 Å². The number of carbonyl (C=O) groups excluding carboxylic acids is 1. The van der Waals surface area contributed by atoms with Gasteiger partial charge in [0.25, 0.3) is 0 Å². The topological polar surface area (TPSA) is 60.5 Å². The van der Waals surface area contributed by atoms with Crippen LogP contribution in [-0.2, 0) is 4.74 Å². The monoisotopic (exact) mass is 278 g/mol. The lowest BCUT2D eigenvalue weighted by molar-refractivity contribution is -0.274. The van der Waals surface area contributed by atoms with Crippen LogP contribution >= 0.6 is 0 Å². The van der Waals surface area contributed by atoms with E-state index >= 15 is 0 Å². The predicted molar refractivity (Wildman–Crippen MR) is 60.8 cm³/mol. The summed E-state index contributed by atoms with van der Waals surface area (Å²) in [5.74, 6) is -0.610. The quantitative estimate of drug-likeness (QED) is 0.901. The number of halogens is 3. The molecule has 19 heavy (non-hydrogen) atoms. The summed E-state index contributed by atoms with van der Waals surface area (Å²) in [6, 6.07) is 1.17. The summed E-state index contributed by atoms with van der Waals surface area (Å²) in [6.45, 7) is 4.89. The molecule has 0 aliphatic heterocycles. The van der Waals surface area contributed by atoms with Crippen LogP contribution in [0, 0.1) is 0 Å². The molecule has 0 bridgehead atoms. The van der Waals surface area contributed by atoms with Gasteiger partial charge in [0.15, 0.2) is 5.75 Å². The second-order valence-electron chi connectivity index (χ2n) is 4.55. The molecule has 1 rings (SSSR count). The van der Waals surface area contributed by atoms with Gasteiger partial charge < -0.3 is 9.47 Å². The van der Waals surface area contributed by atoms with Crippen LogP contribution in [0.1, 0.15) is 20.8 Å². The molecule has 106 valence electrons. The molecule has 0 spiro atoms. The highest BCUT2D eigenvalue weighted by atomic mass is 19.4. The summed E-state index contributed by atoms with van der Waals surface area (Å²) in [6.07, 6.45) is -3.69. The van der Waals surface area contributed by atoms with Gasteiger partial charge in [-0.25, -0.2) is 4.79 Å². The summed E-state index contributed by atoms with van der Waals surface area (Å²) < 4.78 is 45.1. The standard InChI is InChI=1S/C11H13F3N2O3/c1-10(2,3)19-9(17)16-7-4-5-15-6-8(7)18-11(12,13)14/h4-6H,1-3H3,(H,15,16,17). The number of pyridine rings is 1. The first-order valence-corrected chi connectivity index (χ1v) is 5.26. The Morgan fingerprint density at radius 1 is 1.32 bits per heavy atom. The van der Waals surface area contributed by atoms with Crippen molar-refractivity contribution < 1.29 is 27.4 Å². The number of nitrogens with zero attached hydrogens (tertiary/aromatic N) is 1. The van der Waals surface area contributed by atoms with Gasteiger partial charge >= 0.3 is 12.5 Å². The summed E-state index contributed by atoms with van der Waals surface area (Å²) in [7, 11) is 0. The largest absolute Gasteiger partial charge is 0.573 e. The van der Waals surface area contributed by atoms with Gasteiger partial charge in [-0.05, 0) is 26.8 Å². The molecule has 0 unspecified atom stereocenters. The molecule has 0 aliphatic rings. The summed E-state index contributed by atoms with van der Waals surface area (Å²) in [5, 5.41) is 2.16. The fraction of sp³-hybridized carbons (Fsp3) is 0.455. The third kappa shape index (κ3) is 5.94. The van der Waals surface area contributed by atoms with Crippen LogP contribution in [0.4, 0.5) is 23.7 Å². The first kappa shape index (κ1) is 15.1. The number of alkyl halides is 3. The van der Waals surface area contributed by atoms with Crippen molar-refractivity contribution in [3.8, 4) is 5.75 Å². The number of carbonyl (C=O) groups is 1. The maximum atomic E-state index is 12.1. The van der Waals surface area contributed by atoms with Crippen molar-refractivity contribution in [3.63, 3.8) is 0 Å². The number of hydrogen-bond acceptors (Lipinski definition) is 4. The molecule has 1 aromatic heterocycles. The minimum atomic E-state index is -4.87. The van der Waals surface area contributed by atoms with E-state index in [-0.39, 0.29) is 5.69 Å². The van der Waals surface area contributed by atoms with Gasteiger partial charge in [-0.1, -0.05) is 0 Å². The van der Waals surface area contributed by atoms with Gasteiger partial charge in [-0.3, -0.25) is 10.3 Å². The number of amides is 1. The van der Waals surface area contributed by atoms with E-state index in [1.807, 2.05) is 0 Å². The number of rotatable bonds is 2. The molecule has 1 heterocycles. The van der Waals surface area contributed by atoms with Crippen LogP contribution in [0.2, 0.25) is 0 Å². The highest BCUT2D eigenvalue weighted by molar-refractivity contribution is 5.86. The fourth-order valence-electron chi connectivity index (χ4n) is 1.10. The molecular weight excluding hydrogens is 265 g/mol. The number of anilines is 1. The van der Waals surface area contributed by atoms with Crippen LogP contribution in [0.3, 0.4) is 0 Å². The lowest BCUT2D eigenvalue weighted by Crippen LogP contribution is -2.27. The van der Waals surface area contributed by atoms with E-state index in [1.54, 1.807) is 20.8 Å². The Kier molecular flexibility index (Phi) is 4.23. The molecule has 0 atom stereocenters. The van der Waals surface area contributed by atoms with Gasteiger partial charge in [-0.2, -0.15) is 0 Å². The molecule has 5 nitrogen and oxygen atoms in total. The zero-order valence-corrected chi connectivity index (χ0v) is 10.5. The van der Waals surface area contributed by atoms with Gasteiger partial charge in [0.05, 0.1) is 11.9 Å². The minimum absolute atomic E-state index is 0.179. The lowest BCUT2D eigenvalue weighted by Gasteiger charge is -2.20. The Morgan fingerprint density at radius 2 is 1.95 bits per heavy atom. The van der Waals surface area contributed by atoms with E-state index in [4.69, 9.17) is 4.74 Å². The third-order valence-electron chi connectivity index (χ3n) is 1.65. The van der Waals surface area contributed by atoms with Crippen LogP contribution in [-0.4, -0.2) is 23.0 Å². The molecule has 0 aromatic carbocycles. The van der Waals surface area contributed by atoms with Crippen molar-refractivity contribution in [1.29, 1.82) is 0 Å². The number of ether oxygens (including phenoxy) is 2. The molecular formula is C11H13F3N2O3. The Balaban J connectivity index is 2.81. The molecule has 1 aromatic rings. The van der Waals surface area contributed by atoms with Crippen molar-refractivity contribution >= 4 is 11.8 Å². The Labute approximate surface area is 107 Å². The van der Waals surface area contributed by atoms with Gasteiger partial charge in [0, 0.05) is 6.20 Å². The zero-order valence-electron chi connectivity index (χ0n) is 10.5. The van der Waals surface area contributed by atoms with Crippen LogP contribution in [0.5, 0.6) is 5.75 Å². The molecule has 0 saturated carbocycles. The van der Waals surface area contributed by atoms with Crippen molar-refractivity contribution in [3.05, 3.63) is 18.5 Å². The Hall–Kier alpha value is -1.99. The molecule has 1 amide bonds. The second kappa shape index (κ2) is 5.33. The maximum absolute atomic E-state index is 12.1. The average molecular weight is 278 g/mol. The molecule has 0 fully saturated rings. The molecule has 8 heteroatoms. The summed E-state index contributed by atoms with van der Waals surface area (Å²) >= 11 is 0. The third-order valence-corrected chi connectivity index (χ3v) is 1.65. The minimum Gasteiger partial charge on any atom is -0.444 e. The zero-order chi connectivity index (χ0) is 14.7. The van der Waals surface area contributed by atoms with Gasteiger partial charge in [-0.15, -0.1) is 13.2 Å². The lowest BCUT2D eigenvalue weighted by atomic mass is 10.2. The van der Waals surface area contributed by atoms with Crippen molar-refractivity contribution in [2.24, 2.45) is 0 Å². The molecule has 1 N–H and O–H groups in total. The first-order valence-electron chi connectivity index (χ1n) is 5.26. The summed E-state index contributed by atoms with van der Waals surface area (Å²) in [5.41, 5.74) is -0.941. The predicted octanol–water partition coefficient (Wildman–Crippen LogP) is 3.33. The summed E-state index contributed by atoms with van der Waals surface area (Å²) in [4.78, 5) is 14.9. The molecule has 0 saturated heterocycles. The highest BCUT2D eigenvalue weighted by Gasteiger charge is 2.32. The Bertz CT molecular complexity index is 455. The van der Waals surface area contributed by atoms with Crippen LogP contribution < -0.4 is 10.1 Å². The van der Waals surface area contributed by atoms with Crippen molar-refractivity contribution in [1.82, 2.24) is 4.98 Å². The van der Waals surface area contributed by atoms with Crippen LogP contribution in [0.15, 0.2) is 18.5 Å². The molecule has 0 aliphatic carbocycles. The number of hydrogen-bond donors (Lipinski definition) is 1. The number of nitrogens with one attached hydrogen (secondary N) is 1. The molecule has 0 radical (unpaired) electrons.